The van der Waals surface area contributed by atoms with Crippen molar-refractivity contribution in [2.24, 2.45) is 0 Å². The van der Waals surface area contributed by atoms with E-state index in [0.717, 1.165) is 11.3 Å². The zero-order chi connectivity index (χ0) is 19.2. The van der Waals surface area contributed by atoms with Crippen LogP contribution < -0.4 is 10.6 Å². The number of esters is 1. The molecule has 136 valence electrons. The second-order valence-corrected chi connectivity index (χ2v) is 5.95. The lowest BCUT2D eigenvalue weighted by Crippen LogP contribution is -2.12. The fourth-order valence-corrected chi connectivity index (χ4v) is 2.52. The third-order valence-electron chi connectivity index (χ3n) is 3.86. The van der Waals surface area contributed by atoms with Gasteiger partial charge < -0.3 is 15.4 Å². The molecular weight excluding hydrogens is 342 g/mol. The number of amides is 1. The predicted octanol–water partition coefficient (Wildman–Crippen LogP) is 4.17. The van der Waals surface area contributed by atoms with Gasteiger partial charge in [-0.05, 0) is 55.0 Å². The zero-order valence-electron chi connectivity index (χ0n) is 15.0. The molecule has 0 atom stereocenters. The van der Waals surface area contributed by atoms with E-state index in [9.17, 15) is 9.59 Å². The fourth-order valence-electron chi connectivity index (χ4n) is 2.52. The Kier molecular flexibility index (Phi) is 5.47. The minimum Gasteiger partial charge on any atom is -0.465 e. The van der Waals surface area contributed by atoms with Crippen molar-refractivity contribution in [2.75, 3.05) is 17.7 Å². The highest BCUT2D eigenvalue weighted by Crippen LogP contribution is 2.17. The van der Waals surface area contributed by atoms with E-state index in [1.807, 2.05) is 37.3 Å². The molecule has 0 unspecified atom stereocenters. The summed E-state index contributed by atoms with van der Waals surface area (Å²) >= 11 is 0. The minimum atomic E-state index is -0.408. The number of anilines is 3. The van der Waals surface area contributed by atoms with E-state index in [0.29, 0.717) is 22.6 Å². The largest absolute Gasteiger partial charge is 0.465 e. The normalized spacial score (nSPS) is 10.1. The Bertz CT molecular complexity index is 968. The van der Waals surface area contributed by atoms with Crippen LogP contribution in [0.4, 0.5) is 17.2 Å². The average molecular weight is 361 g/mol. The van der Waals surface area contributed by atoms with Crippen LogP contribution in [0.25, 0.3) is 0 Å². The summed E-state index contributed by atoms with van der Waals surface area (Å²) in [6, 6.07) is 17.9. The Balaban J connectivity index is 1.68. The molecule has 6 nitrogen and oxygen atoms in total. The summed E-state index contributed by atoms with van der Waals surface area (Å²) in [5.41, 5.74) is 3.39. The molecule has 1 amide bonds. The van der Waals surface area contributed by atoms with E-state index < -0.39 is 5.97 Å². The fraction of sp³-hybridized carbons (Fsp3) is 0.0952. The Morgan fingerprint density at radius 1 is 0.926 bits per heavy atom. The van der Waals surface area contributed by atoms with E-state index in [1.54, 1.807) is 30.3 Å². The first-order chi connectivity index (χ1) is 13.0. The summed E-state index contributed by atoms with van der Waals surface area (Å²) in [5, 5.41) is 5.94. The van der Waals surface area contributed by atoms with Crippen molar-refractivity contribution in [1.82, 2.24) is 4.98 Å². The lowest BCUT2D eigenvalue weighted by atomic mass is 10.2. The van der Waals surface area contributed by atoms with Crippen molar-refractivity contribution < 1.29 is 14.3 Å². The Labute approximate surface area is 157 Å². The maximum absolute atomic E-state index is 12.3. The third kappa shape index (κ3) is 4.70. The summed E-state index contributed by atoms with van der Waals surface area (Å²) in [4.78, 5) is 28.2. The van der Waals surface area contributed by atoms with Crippen molar-refractivity contribution in [2.45, 2.75) is 6.92 Å². The molecule has 0 aliphatic rings. The van der Waals surface area contributed by atoms with Crippen LogP contribution in [0.15, 0.2) is 66.9 Å². The van der Waals surface area contributed by atoms with Crippen LogP contribution >= 0.6 is 0 Å². The molecule has 0 aliphatic heterocycles. The van der Waals surface area contributed by atoms with Crippen LogP contribution in [0.3, 0.4) is 0 Å². The third-order valence-corrected chi connectivity index (χ3v) is 3.86. The minimum absolute atomic E-state index is 0.229. The van der Waals surface area contributed by atoms with E-state index in [2.05, 4.69) is 15.6 Å². The summed E-state index contributed by atoms with van der Waals surface area (Å²) in [6.45, 7) is 1.97. The molecule has 0 fully saturated rings. The number of carbonyl (C=O) groups excluding carboxylic acids is 2. The first kappa shape index (κ1) is 18.1. The van der Waals surface area contributed by atoms with E-state index in [1.165, 1.54) is 13.3 Å². The lowest BCUT2D eigenvalue weighted by Gasteiger charge is -2.09. The molecule has 2 N–H and O–H groups in total. The summed E-state index contributed by atoms with van der Waals surface area (Å²) < 4.78 is 4.71. The molecule has 3 aromatic rings. The van der Waals surface area contributed by atoms with E-state index in [4.69, 9.17) is 4.74 Å². The van der Waals surface area contributed by atoms with Gasteiger partial charge in [-0.2, -0.15) is 0 Å². The molecule has 0 spiro atoms. The summed E-state index contributed by atoms with van der Waals surface area (Å²) in [6.07, 6.45) is 1.50. The molecule has 1 heterocycles. The van der Waals surface area contributed by atoms with Gasteiger partial charge in [0.15, 0.2) is 0 Å². The molecule has 1 aromatic heterocycles. The van der Waals surface area contributed by atoms with Crippen molar-refractivity contribution in [3.05, 3.63) is 83.6 Å². The monoisotopic (exact) mass is 361 g/mol. The first-order valence-electron chi connectivity index (χ1n) is 8.34. The molecular formula is C21H19N3O3. The number of aryl methyl sites for hydroxylation is 1. The Hall–Kier alpha value is -3.67. The van der Waals surface area contributed by atoms with E-state index in [-0.39, 0.29) is 5.91 Å². The van der Waals surface area contributed by atoms with Gasteiger partial charge in [-0.3, -0.25) is 4.79 Å². The second-order valence-electron chi connectivity index (χ2n) is 5.95. The first-order valence-corrected chi connectivity index (χ1v) is 8.34. The highest BCUT2D eigenvalue weighted by Gasteiger charge is 2.08. The molecule has 6 heteroatoms. The van der Waals surface area contributed by atoms with Crippen LogP contribution in [-0.2, 0) is 4.74 Å². The summed E-state index contributed by atoms with van der Waals surface area (Å²) in [7, 11) is 1.34. The van der Waals surface area contributed by atoms with Crippen molar-refractivity contribution in [3.63, 3.8) is 0 Å². The molecule has 0 saturated heterocycles. The zero-order valence-corrected chi connectivity index (χ0v) is 15.0. The molecule has 0 bridgehead atoms. The van der Waals surface area contributed by atoms with Gasteiger partial charge in [0.2, 0.25) is 0 Å². The number of hydrogen-bond acceptors (Lipinski definition) is 5. The number of carbonyl (C=O) groups is 2. The van der Waals surface area contributed by atoms with Gasteiger partial charge in [-0.25, -0.2) is 9.78 Å². The number of benzene rings is 2. The highest BCUT2D eigenvalue weighted by molar-refractivity contribution is 6.04. The van der Waals surface area contributed by atoms with Gasteiger partial charge in [-0.1, -0.05) is 18.2 Å². The maximum atomic E-state index is 12.3. The van der Waals surface area contributed by atoms with Crippen LogP contribution in [0.2, 0.25) is 0 Å². The van der Waals surface area contributed by atoms with Crippen molar-refractivity contribution in [3.8, 4) is 0 Å². The topological polar surface area (TPSA) is 80.3 Å². The van der Waals surface area contributed by atoms with Gasteiger partial charge >= 0.3 is 5.97 Å². The Morgan fingerprint density at radius 3 is 2.41 bits per heavy atom. The highest BCUT2D eigenvalue weighted by atomic mass is 16.5. The molecule has 27 heavy (non-hydrogen) atoms. The van der Waals surface area contributed by atoms with Gasteiger partial charge in [0, 0.05) is 17.6 Å². The van der Waals surface area contributed by atoms with Gasteiger partial charge in [0.1, 0.15) is 5.82 Å². The SMILES string of the molecule is COC(=O)c1cccc(Nc2ccc(C(=O)Nc3cccc(C)c3)cn2)c1. The molecule has 0 aliphatic carbocycles. The molecule has 3 rings (SSSR count). The number of rotatable bonds is 5. The predicted molar refractivity (Wildman–Crippen MR) is 104 cm³/mol. The van der Waals surface area contributed by atoms with Crippen LogP contribution in [0.1, 0.15) is 26.3 Å². The van der Waals surface area contributed by atoms with E-state index >= 15 is 0 Å². The van der Waals surface area contributed by atoms with Gasteiger partial charge in [-0.15, -0.1) is 0 Å². The van der Waals surface area contributed by atoms with Crippen LogP contribution in [0.5, 0.6) is 0 Å². The number of nitrogens with zero attached hydrogens (tertiary/aromatic N) is 1. The smallest absolute Gasteiger partial charge is 0.337 e. The molecule has 2 aromatic carbocycles. The molecule has 0 radical (unpaired) electrons. The quantitative estimate of drug-likeness (QED) is 0.667. The van der Waals surface area contributed by atoms with Crippen molar-refractivity contribution >= 4 is 29.1 Å². The Morgan fingerprint density at radius 2 is 1.70 bits per heavy atom. The number of nitrogens with one attached hydrogen (secondary N) is 2. The lowest BCUT2D eigenvalue weighted by molar-refractivity contribution is 0.0600. The average Bonchev–Trinajstić information content (AvgIpc) is 2.68. The number of pyridine rings is 1. The number of hydrogen-bond donors (Lipinski definition) is 2. The number of methoxy groups -OCH3 is 1. The van der Waals surface area contributed by atoms with Gasteiger partial charge in [0.25, 0.3) is 5.91 Å². The molecule has 0 saturated carbocycles. The number of ether oxygens (including phenoxy) is 1. The second kappa shape index (κ2) is 8.14. The van der Waals surface area contributed by atoms with Crippen LogP contribution in [0, 0.1) is 6.92 Å². The standard InChI is InChI=1S/C21H19N3O3/c1-14-5-3-7-17(11-14)24-20(25)16-9-10-19(22-13-16)23-18-8-4-6-15(12-18)21(26)27-2/h3-13H,1-2H3,(H,22,23)(H,24,25). The van der Waals surface area contributed by atoms with Crippen LogP contribution in [-0.4, -0.2) is 24.0 Å². The maximum Gasteiger partial charge on any atom is 0.337 e. The van der Waals surface area contributed by atoms with Gasteiger partial charge in [0.05, 0.1) is 18.2 Å². The van der Waals surface area contributed by atoms with Crippen molar-refractivity contribution in [1.29, 1.82) is 0 Å². The number of aromatic nitrogens is 1. The summed E-state index contributed by atoms with van der Waals surface area (Å²) in [5.74, 6) is -0.0776.